The van der Waals surface area contributed by atoms with Crippen LogP contribution in [-0.2, 0) is 25.5 Å². The molecule has 1 aromatic rings. The van der Waals surface area contributed by atoms with Crippen molar-refractivity contribution in [2.75, 3.05) is 7.11 Å². The molecule has 0 aromatic heterocycles. The topological polar surface area (TPSA) is 92.7 Å². The largest absolute Gasteiger partial charge is 0.481 e. The summed E-state index contributed by atoms with van der Waals surface area (Å²) in [7, 11) is 1.21. The number of benzene rings is 1. The number of carboxylic acids is 1. The Hall–Kier alpha value is -2.37. The van der Waals surface area contributed by atoms with Crippen molar-refractivity contribution in [3.63, 3.8) is 0 Å². The maximum Gasteiger partial charge on any atom is 0.328 e. The quantitative estimate of drug-likeness (QED) is 0.572. The number of hydrogen-bond donors (Lipinski definition) is 2. The zero-order valence-electron chi connectivity index (χ0n) is 10.5. The zero-order chi connectivity index (χ0) is 14.3. The molecule has 0 aliphatic rings. The van der Waals surface area contributed by atoms with Gasteiger partial charge in [0.15, 0.2) is 0 Å². The van der Waals surface area contributed by atoms with E-state index in [1.54, 1.807) is 12.1 Å². The Morgan fingerprint density at radius 2 is 1.89 bits per heavy atom. The molecular formula is C13H15NO5. The molecule has 0 spiro atoms. The lowest BCUT2D eigenvalue weighted by molar-refractivity contribution is -0.147. The average molecular weight is 265 g/mol. The number of methoxy groups -OCH3 is 1. The Labute approximate surface area is 110 Å². The third kappa shape index (κ3) is 5.20. The van der Waals surface area contributed by atoms with Crippen molar-refractivity contribution >= 4 is 17.8 Å². The highest BCUT2D eigenvalue weighted by molar-refractivity contribution is 5.95. The van der Waals surface area contributed by atoms with Crippen molar-refractivity contribution in [1.82, 2.24) is 5.32 Å². The number of amides is 1. The van der Waals surface area contributed by atoms with Crippen LogP contribution in [0, 0.1) is 0 Å². The second kappa shape index (κ2) is 7.15. The molecule has 1 atom stereocenters. The van der Waals surface area contributed by atoms with Crippen LogP contribution in [0.15, 0.2) is 30.3 Å². The highest BCUT2D eigenvalue weighted by Crippen LogP contribution is 2.04. The van der Waals surface area contributed by atoms with E-state index in [1.165, 1.54) is 7.11 Å². The molecule has 6 nitrogen and oxygen atoms in total. The van der Waals surface area contributed by atoms with Gasteiger partial charge in [-0.15, -0.1) is 0 Å². The number of carboxylic acid groups (broad SMARTS) is 1. The van der Waals surface area contributed by atoms with Crippen molar-refractivity contribution in [2.24, 2.45) is 0 Å². The van der Waals surface area contributed by atoms with Gasteiger partial charge < -0.3 is 15.2 Å². The molecule has 0 saturated carbocycles. The Bertz CT molecular complexity index is 457. The second-order valence-electron chi connectivity index (χ2n) is 3.90. The molecule has 1 amide bonds. The fourth-order valence-electron chi connectivity index (χ4n) is 1.57. The highest BCUT2D eigenvalue weighted by atomic mass is 16.5. The Kier molecular flexibility index (Phi) is 5.53. The molecule has 0 bridgehead atoms. The van der Waals surface area contributed by atoms with Crippen molar-refractivity contribution < 1.29 is 24.2 Å². The molecule has 0 aliphatic carbocycles. The maximum absolute atomic E-state index is 11.6. The number of carbonyl (C=O) groups is 3. The summed E-state index contributed by atoms with van der Waals surface area (Å²) in [6.45, 7) is 0. The van der Waals surface area contributed by atoms with E-state index in [2.05, 4.69) is 10.1 Å². The van der Waals surface area contributed by atoms with Gasteiger partial charge in [0.2, 0.25) is 5.91 Å². The van der Waals surface area contributed by atoms with Gasteiger partial charge in [-0.3, -0.25) is 9.59 Å². The molecule has 0 unspecified atom stereocenters. The van der Waals surface area contributed by atoms with Gasteiger partial charge in [-0.05, 0) is 5.56 Å². The van der Waals surface area contributed by atoms with Crippen molar-refractivity contribution in [1.29, 1.82) is 0 Å². The number of hydrogen-bond acceptors (Lipinski definition) is 4. The van der Waals surface area contributed by atoms with E-state index < -0.39 is 30.3 Å². The average Bonchev–Trinajstić information content (AvgIpc) is 2.37. The standard InChI is InChI=1S/C13H15NO5/c1-19-13(18)10(14-11(15)8-12(16)17)7-9-5-3-2-4-6-9/h2-6,10H,7-8H2,1H3,(H,14,15)(H,16,17)/t10-/m1/s1. The molecule has 1 aromatic carbocycles. The molecule has 2 N–H and O–H groups in total. The first-order valence-electron chi connectivity index (χ1n) is 5.66. The molecular weight excluding hydrogens is 250 g/mol. The molecule has 0 radical (unpaired) electrons. The minimum absolute atomic E-state index is 0.249. The molecule has 0 saturated heterocycles. The van der Waals surface area contributed by atoms with Crippen LogP contribution in [-0.4, -0.2) is 36.1 Å². The van der Waals surface area contributed by atoms with Gasteiger partial charge in [0, 0.05) is 6.42 Å². The third-order valence-electron chi connectivity index (χ3n) is 2.42. The summed E-state index contributed by atoms with van der Waals surface area (Å²) in [6, 6.07) is 8.17. The first kappa shape index (κ1) is 14.7. The maximum atomic E-state index is 11.6. The predicted octanol–water partition coefficient (Wildman–Crippen LogP) is 0.362. The monoisotopic (exact) mass is 265 g/mol. The Balaban J connectivity index is 2.70. The summed E-state index contributed by atoms with van der Waals surface area (Å²) in [4.78, 5) is 33.3. The first-order valence-corrected chi connectivity index (χ1v) is 5.66. The van der Waals surface area contributed by atoms with E-state index in [1.807, 2.05) is 18.2 Å². The number of rotatable bonds is 6. The van der Waals surface area contributed by atoms with Crippen molar-refractivity contribution in [3.05, 3.63) is 35.9 Å². The van der Waals surface area contributed by atoms with Crippen LogP contribution in [0.5, 0.6) is 0 Å². The van der Waals surface area contributed by atoms with E-state index in [0.29, 0.717) is 0 Å². The van der Waals surface area contributed by atoms with Crippen LogP contribution in [0.25, 0.3) is 0 Å². The van der Waals surface area contributed by atoms with Gasteiger partial charge in [0.1, 0.15) is 12.5 Å². The SMILES string of the molecule is COC(=O)[C@@H](Cc1ccccc1)NC(=O)CC(=O)O. The lowest BCUT2D eigenvalue weighted by atomic mass is 10.1. The minimum atomic E-state index is -1.25. The molecule has 102 valence electrons. The predicted molar refractivity (Wildman–Crippen MR) is 66.3 cm³/mol. The fraction of sp³-hybridized carbons (Fsp3) is 0.308. The van der Waals surface area contributed by atoms with Crippen LogP contribution in [0.4, 0.5) is 0 Å². The van der Waals surface area contributed by atoms with Crippen LogP contribution in [0.1, 0.15) is 12.0 Å². The molecule has 0 aliphatic heterocycles. The van der Waals surface area contributed by atoms with Crippen LogP contribution in [0.2, 0.25) is 0 Å². The van der Waals surface area contributed by atoms with Crippen LogP contribution < -0.4 is 5.32 Å². The molecule has 0 heterocycles. The first-order chi connectivity index (χ1) is 9.02. The van der Waals surface area contributed by atoms with E-state index in [4.69, 9.17) is 5.11 Å². The fourth-order valence-corrected chi connectivity index (χ4v) is 1.57. The van der Waals surface area contributed by atoms with E-state index in [0.717, 1.165) is 5.56 Å². The smallest absolute Gasteiger partial charge is 0.328 e. The minimum Gasteiger partial charge on any atom is -0.481 e. The summed E-state index contributed by atoms with van der Waals surface area (Å²) in [5.41, 5.74) is 0.841. The number of esters is 1. The number of carbonyl (C=O) groups excluding carboxylic acids is 2. The molecule has 19 heavy (non-hydrogen) atoms. The summed E-state index contributed by atoms with van der Waals surface area (Å²) in [5, 5.41) is 10.9. The number of ether oxygens (including phenoxy) is 1. The van der Waals surface area contributed by atoms with Crippen molar-refractivity contribution in [2.45, 2.75) is 18.9 Å². The summed E-state index contributed by atoms with van der Waals surface area (Å²) < 4.78 is 4.59. The lowest BCUT2D eigenvalue weighted by Gasteiger charge is -2.16. The lowest BCUT2D eigenvalue weighted by Crippen LogP contribution is -2.43. The Morgan fingerprint density at radius 3 is 2.42 bits per heavy atom. The van der Waals surface area contributed by atoms with Gasteiger partial charge >= 0.3 is 11.9 Å². The number of aliphatic carboxylic acids is 1. The van der Waals surface area contributed by atoms with Gasteiger partial charge in [-0.2, -0.15) is 0 Å². The van der Waals surface area contributed by atoms with E-state index in [9.17, 15) is 14.4 Å². The van der Waals surface area contributed by atoms with Crippen LogP contribution >= 0.6 is 0 Å². The summed E-state index contributed by atoms with van der Waals surface area (Å²) in [6.07, 6.45) is -0.429. The number of nitrogens with one attached hydrogen (secondary N) is 1. The third-order valence-corrected chi connectivity index (χ3v) is 2.42. The zero-order valence-corrected chi connectivity index (χ0v) is 10.5. The van der Waals surface area contributed by atoms with E-state index in [-0.39, 0.29) is 6.42 Å². The molecule has 0 fully saturated rings. The van der Waals surface area contributed by atoms with Gasteiger partial charge in [0.05, 0.1) is 7.11 Å². The summed E-state index contributed by atoms with van der Waals surface area (Å²) >= 11 is 0. The van der Waals surface area contributed by atoms with Crippen molar-refractivity contribution in [3.8, 4) is 0 Å². The Morgan fingerprint density at radius 1 is 1.26 bits per heavy atom. The van der Waals surface area contributed by atoms with Gasteiger partial charge in [-0.1, -0.05) is 30.3 Å². The van der Waals surface area contributed by atoms with E-state index >= 15 is 0 Å². The van der Waals surface area contributed by atoms with Crippen LogP contribution in [0.3, 0.4) is 0 Å². The van der Waals surface area contributed by atoms with Gasteiger partial charge in [0.25, 0.3) is 0 Å². The summed E-state index contributed by atoms with van der Waals surface area (Å²) in [5.74, 6) is -2.58. The molecule has 1 rings (SSSR count). The molecule has 6 heteroatoms. The second-order valence-corrected chi connectivity index (χ2v) is 3.90. The highest BCUT2D eigenvalue weighted by Gasteiger charge is 2.22. The van der Waals surface area contributed by atoms with Gasteiger partial charge in [-0.25, -0.2) is 4.79 Å². The normalized spacial score (nSPS) is 11.4.